The zero-order valence-corrected chi connectivity index (χ0v) is 23.9. The fraction of sp³-hybridized carbons (Fsp3) is 0. The van der Waals surface area contributed by atoms with E-state index >= 15 is 0 Å². The number of hydrogen-bond donors (Lipinski definition) is 0. The van der Waals surface area contributed by atoms with Crippen LogP contribution in [0.15, 0.2) is 168 Å². The third kappa shape index (κ3) is 3.82. The molecule has 1 heterocycles. The van der Waals surface area contributed by atoms with Gasteiger partial charge in [0.05, 0.1) is 11.4 Å². The summed E-state index contributed by atoms with van der Waals surface area (Å²) < 4.78 is 6.61. The van der Waals surface area contributed by atoms with Gasteiger partial charge in [0, 0.05) is 21.8 Å². The number of rotatable bonds is 4. The van der Waals surface area contributed by atoms with Crippen LogP contribution in [0.1, 0.15) is 0 Å². The van der Waals surface area contributed by atoms with E-state index in [9.17, 15) is 0 Å². The average molecular weight is 562 g/mol. The minimum absolute atomic E-state index is 0.877. The summed E-state index contributed by atoms with van der Waals surface area (Å²) in [5.41, 5.74) is 7.32. The Bertz CT molecular complexity index is 2510. The van der Waals surface area contributed by atoms with Crippen LogP contribution in [0.25, 0.3) is 65.4 Å². The van der Waals surface area contributed by atoms with Crippen molar-refractivity contribution >= 4 is 71.3 Å². The molecule has 0 amide bonds. The fourth-order valence-corrected chi connectivity index (χ4v) is 6.81. The van der Waals surface area contributed by atoms with Crippen molar-refractivity contribution in [1.29, 1.82) is 0 Å². The molecule has 0 saturated carbocycles. The Morgan fingerprint density at radius 1 is 0.364 bits per heavy atom. The molecule has 0 radical (unpaired) electrons. The monoisotopic (exact) mass is 561 g/mol. The predicted octanol–water partition coefficient (Wildman–Crippen LogP) is 12.2. The highest BCUT2D eigenvalue weighted by Gasteiger charge is 2.21. The third-order valence-electron chi connectivity index (χ3n) is 8.84. The van der Waals surface area contributed by atoms with Crippen molar-refractivity contribution in [2.45, 2.75) is 0 Å². The smallest absolute Gasteiger partial charge is 0.159 e. The van der Waals surface area contributed by atoms with Gasteiger partial charge in [-0.25, -0.2) is 0 Å². The Morgan fingerprint density at radius 2 is 0.977 bits per heavy atom. The lowest BCUT2D eigenvalue weighted by atomic mass is 9.96. The number of para-hydroxylation sites is 2. The number of hydrogen-bond acceptors (Lipinski definition) is 2. The number of anilines is 3. The van der Waals surface area contributed by atoms with Crippen LogP contribution in [0.4, 0.5) is 17.1 Å². The lowest BCUT2D eigenvalue weighted by Crippen LogP contribution is -2.11. The zero-order valence-electron chi connectivity index (χ0n) is 23.9. The highest BCUT2D eigenvalue weighted by atomic mass is 16.3. The van der Waals surface area contributed by atoms with E-state index in [0.717, 1.165) is 39.0 Å². The van der Waals surface area contributed by atoms with Crippen molar-refractivity contribution in [3.8, 4) is 11.1 Å². The van der Waals surface area contributed by atoms with E-state index in [1.54, 1.807) is 0 Å². The standard InChI is InChI=1S/C42H27NO/c1-2-11-28(12-3-1)30-14-8-15-31(27-30)43(40-21-10-19-38-37-17-6-7-22-41(37)44-42(38)40)39-20-9-18-33-35-24-23-29-13-4-5-16-32(29)34(35)25-26-36(33)39/h1-27H. The fourth-order valence-electron chi connectivity index (χ4n) is 6.81. The minimum Gasteiger partial charge on any atom is -0.454 e. The summed E-state index contributed by atoms with van der Waals surface area (Å²) in [6, 6.07) is 58.5. The van der Waals surface area contributed by atoms with Gasteiger partial charge in [-0.15, -0.1) is 0 Å². The molecule has 8 aromatic carbocycles. The van der Waals surface area contributed by atoms with E-state index in [0.29, 0.717) is 0 Å². The summed E-state index contributed by atoms with van der Waals surface area (Å²) in [7, 11) is 0. The Balaban J connectivity index is 1.35. The summed E-state index contributed by atoms with van der Waals surface area (Å²) in [6.45, 7) is 0. The van der Waals surface area contributed by atoms with Gasteiger partial charge in [0.1, 0.15) is 5.58 Å². The molecular weight excluding hydrogens is 534 g/mol. The van der Waals surface area contributed by atoms with Gasteiger partial charge in [0.2, 0.25) is 0 Å². The van der Waals surface area contributed by atoms with E-state index < -0.39 is 0 Å². The number of nitrogens with zero attached hydrogens (tertiary/aromatic N) is 1. The zero-order chi connectivity index (χ0) is 29.0. The molecule has 0 unspecified atom stereocenters. The van der Waals surface area contributed by atoms with Crippen LogP contribution in [-0.2, 0) is 0 Å². The van der Waals surface area contributed by atoms with Crippen LogP contribution in [0, 0.1) is 0 Å². The van der Waals surface area contributed by atoms with Crippen molar-refractivity contribution in [2.75, 3.05) is 4.90 Å². The topological polar surface area (TPSA) is 16.4 Å². The summed E-state index contributed by atoms with van der Waals surface area (Å²) in [5.74, 6) is 0. The van der Waals surface area contributed by atoms with Crippen LogP contribution in [0.5, 0.6) is 0 Å². The first-order chi connectivity index (χ1) is 21.8. The molecule has 2 heteroatoms. The first-order valence-electron chi connectivity index (χ1n) is 15.0. The highest BCUT2D eigenvalue weighted by molar-refractivity contribution is 6.20. The quantitative estimate of drug-likeness (QED) is 0.199. The molecule has 0 saturated heterocycles. The molecule has 0 aliphatic heterocycles. The van der Waals surface area contributed by atoms with Gasteiger partial charge in [-0.05, 0) is 68.4 Å². The van der Waals surface area contributed by atoms with Crippen molar-refractivity contribution in [2.24, 2.45) is 0 Å². The maximum absolute atomic E-state index is 6.61. The van der Waals surface area contributed by atoms with Gasteiger partial charge in [-0.2, -0.15) is 0 Å². The maximum Gasteiger partial charge on any atom is 0.159 e. The predicted molar refractivity (Wildman–Crippen MR) is 186 cm³/mol. The minimum atomic E-state index is 0.877. The molecule has 0 atom stereocenters. The molecule has 0 N–H and O–H groups in total. The van der Waals surface area contributed by atoms with E-state index in [-0.39, 0.29) is 0 Å². The van der Waals surface area contributed by atoms with Crippen LogP contribution in [-0.4, -0.2) is 0 Å². The molecule has 0 fully saturated rings. The van der Waals surface area contributed by atoms with Crippen molar-refractivity contribution < 1.29 is 4.42 Å². The third-order valence-corrected chi connectivity index (χ3v) is 8.84. The van der Waals surface area contributed by atoms with Crippen LogP contribution < -0.4 is 4.90 Å². The van der Waals surface area contributed by atoms with Gasteiger partial charge in [-0.1, -0.05) is 133 Å². The molecular formula is C42H27NO. The Labute approximate surface area is 255 Å². The first kappa shape index (κ1) is 24.7. The van der Waals surface area contributed by atoms with Gasteiger partial charge in [-0.3, -0.25) is 0 Å². The number of benzene rings is 8. The summed E-state index contributed by atoms with van der Waals surface area (Å²) in [5, 5.41) is 9.70. The molecule has 2 nitrogen and oxygen atoms in total. The van der Waals surface area contributed by atoms with Gasteiger partial charge >= 0.3 is 0 Å². The van der Waals surface area contributed by atoms with E-state index in [1.165, 1.54) is 43.4 Å². The van der Waals surface area contributed by atoms with Gasteiger partial charge < -0.3 is 9.32 Å². The normalized spacial score (nSPS) is 11.6. The second-order valence-corrected chi connectivity index (χ2v) is 11.3. The Morgan fingerprint density at radius 3 is 1.89 bits per heavy atom. The lowest BCUT2D eigenvalue weighted by Gasteiger charge is -2.27. The Hall–Kier alpha value is -5.86. The van der Waals surface area contributed by atoms with Crippen LogP contribution in [0.3, 0.4) is 0 Å². The molecule has 9 aromatic rings. The second-order valence-electron chi connectivity index (χ2n) is 11.3. The van der Waals surface area contributed by atoms with E-state index in [2.05, 4.69) is 157 Å². The number of fused-ring (bicyclic) bond motifs is 8. The van der Waals surface area contributed by atoms with Gasteiger partial charge in [0.25, 0.3) is 0 Å². The molecule has 1 aromatic heterocycles. The number of furan rings is 1. The van der Waals surface area contributed by atoms with E-state index in [4.69, 9.17) is 4.42 Å². The molecule has 9 rings (SSSR count). The second kappa shape index (κ2) is 9.86. The summed E-state index contributed by atoms with van der Waals surface area (Å²) in [6.07, 6.45) is 0. The molecule has 0 aliphatic carbocycles. The van der Waals surface area contributed by atoms with Crippen molar-refractivity contribution in [3.05, 3.63) is 164 Å². The first-order valence-corrected chi connectivity index (χ1v) is 15.0. The highest BCUT2D eigenvalue weighted by Crippen LogP contribution is 2.46. The average Bonchev–Trinajstić information content (AvgIpc) is 3.48. The van der Waals surface area contributed by atoms with Crippen molar-refractivity contribution in [1.82, 2.24) is 0 Å². The summed E-state index contributed by atoms with van der Waals surface area (Å²) >= 11 is 0. The molecule has 0 bridgehead atoms. The van der Waals surface area contributed by atoms with Gasteiger partial charge in [0.15, 0.2) is 5.58 Å². The molecule has 0 spiro atoms. The van der Waals surface area contributed by atoms with Crippen molar-refractivity contribution in [3.63, 3.8) is 0 Å². The molecule has 0 aliphatic rings. The summed E-state index contributed by atoms with van der Waals surface area (Å²) in [4.78, 5) is 2.37. The van der Waals surface area contributed by atoms with Crippen LogP contribution in [0.2, 0.25) is 0 Å². The Kier molecular flexibility index (Phi) is 5.54. The van der Waals surface area contributed by atoms with E-state index in [1.807, 2.05) is 12.1 Å². The SMILES string of the molecule is c1ccc(-c2cccc(N(c3cccc4c3ccc3c5ccccc5ccc43)c3cccc4c3oc3ccccc34)c2)cc1. The maximum atomic E-state index is 6.61. The molecule has 44 heavy (non-hydrogen) atoms. The lowest BCUT2D eigenvalue weighted by molar-refractivity contribution is 0.669. The largest absolute Gasteiger partial charge is 0.454 e. The molecule has 206 valence electrons. The van der Waals surface area contributed by atoms with Crippen LogP contribution >= 0.6 is 0 Å².